The molecule has 2 aromatic rings. The maximum absolute atomic E-state index is 2.30. The summed E-state index contributed by atoms with van der Waals surface area (Å²) in [7, 11) is 0.774. The normalized spacial score (nSPS) is 9.05. The molecule has 0 amide bonds. The Morgan fingerprint density at radius 3 is 1.37 bits per heavy atom. The van der Waals surface area contributed by atoms with Gasteiger partial charge in [-0.3, -0.25) is 0 Å². The van der Waals surface area contributed by atoms with Crippen molar-refractivity contribution in [3.8, 4) is 0 Å². The van der Waals surface area contributed by atoms with E-state index < -0.39 is 0 Å². The van der Waals surface area contributed by atoms with Gasteiger partial charge in [0.2, 0.25) is 0 Å². The van der Waals surface area contributed by atoms with Crippen LogP contribution in [-0.2, 0) is 0 Å². The molecule has 2 radical (unpaired) electrons. The molecule has 0 aliphatic carbocycles. The van der Waals surface area contributed by atoms with Crippen molar-refractivity contribution in [2.75, 3.05) is 0 Å². The molecule has 1 atom stereocenters. The van der Waals surface area contributed by atoms with Crippen molar-refractivity contribution in [3.05, 3.63) is 59.7 Å². The summed E-state index contributed by atoms with van der Waals surface area (Å²) < 4.78 is 0. The third-order valence-electron chi connectivity index (χ3n) is 2.56. The van der Waals surface area contributed by atoms with E-state index in [-0.39, 0.29) is 31.0 Å². The molecule has 0 fully saturated rings. The number of rotatable bonds is 2. The summed E-state index contributed by atoms with van der Waals surface area (Å²) in [5.41, 5.74) is 2.78. The van der Waals surface area contributed by atoms with E-state index in [1.54, 1.807) is 0 Å². The molecule has 2 rings (SSSR count). The first-order valence-electron chi connectivity index (χ1n) is 6.15. The van der Waals surface area contributed by atoms with E-state index in [9.17, 15) is 0 Å². The van der Waals surface area contributed by atoms with E-state index in [0.717, 1.165) is 8.58 Å². The molecule has 0 saturated carbocycles. The number of aryl methyl sites for hydroxylation is 2. The molecule has 0 aliphatic heterocycles. The van der Waals surface area contributed by atoms with Gasteiger partial charge in [-0.05, 0) is 35.6 Å². The van der Waals surface area contributed by atoms with Gasteiger partial charge >= 0.3 is 31.0 Å². The van der Waals surface area contributed by atoms with Crippen molar-refractivity contribution >= 4 is 50.2 Å². The predicted molar refractivity (Wildman–Crippen MR) is 98.5 cm³/mol. The summed E-state index contributed by atoms with van der Waals surface area (Å²) in [5.74, 6) is 0. The van der Waals surface area contributed by atoms with Crippen LogP contribution in [0, 0.1) is 13.8 Å². The summed E-state index contributed by atoms with van der Waals surface area (Å²) in [5, 5.41) is 2.90. The molecule has 0 heterocycles. The van der Waals surface area contributed by atoms with Crippen LogP contribution >= 0.6 is 18.5 Å². The van der Waals surface area contributed by atoms with Gasteiger partial charge in [-0.25, -0.2) is 0 Å². The molecular formula is C16H24P2Sn. The molecule has 3 heteroatoms. The Labute approximate surface area is 133 Å². The zero-order valence-corrected chi connectivity index (χ0v) is 17.6. The maximum atomic E-state index is 2.30. The van der Waals surface area contributed by atoms with Crippen LogP contribution in [0.2, 0.25) is 9.88 Å². The third kappa shape index (κ3) is 6.89. The SMILES string of the molecule is Cc1ccccc1Pc1ccccc1C.P.[CH3][Sn][CH3]. The first-order valence-corrected chi connectivity index (χ1v) is 12.9. The van der Waals surface area contributed by atoms with Gasteiger partial charge in [-0.15, -0.1) is 0 Å². The Morgan fingerprint density at radius 2 is 1.05 bits per heavy atom. The molecule has 0 aromatic heterocycles. The van der Waals surface area contributed by atoms with Gasteiger partial charge in [0.25, 0.3) is 0 Å². The second kappa shape index (κ2) is 10.8. The van der Waals surface area contributed by atoms with E-state index in [0.29, 0.717) is 0 Å². The fourth-order valence-electron chi connectivity index (χ4n) is 1.57. The van der Waals surface area contributed by atoms with Crippen molar-refractivity contribution in [2.45, 2.75) is 23.7 Å². The van der Waals surface area contributed by atoms with E-state index in [4.69, 9.17) is 0 Å². The first-order chi connectivity index (χ1) is 8.69. The van der Waals surface area contributed by atoms with Crippen molar-refractivity contribution in [2.24, 2.45) is 0 Å². The molecule has 0 saturated heterocycles. The second-order valence-corrected chi connectivity index (χ2v) is 8.44. The third-order valence-corrected chi connectivity index (χ3v) is 4.22. The molecule has 102 valence electrons. The fraction of sp³-hybridized carbons (Fsp3) is 0.250. The molecule has 0 nitrogen and oxygen atoms in total. The van der Waals surface area contributed by atoms with Crippen molar-refractivity contribution in [3.63, 3.8) is 0 Å². The second-order valence-electron chi connectivity index (χ2n) is 4.25. The molecule has 0 spiro atoms. The molecule has 0 aliphatic rings. The minimum absolute atomic E-state index is 0. The monoisotopic (exact) mass is 398 g/mol. The quantitative estimate of drug-likeness (QED) is 0.535. The average molecular weight is 397 g/mol. The zero-order chi connectivity index (χ0) is 13.4. The fourth-order valence-corrected chi connectivity index (χ4v) is 2.78. The van der Waals surface area contributed by atoms with Crippen LogP contribution in [0.25, 0.3) is 0 Å². The van der Waals surface area contributed by atoms with Crippen molar-refractivity contribution in [1.29, 1.82) is 0 Å². The van der Waals surface area contributed by atoms with Gasteiger partial charge in [0.15, 0.2) is 0 Å². The number of benzene rings is 2. The van der Waals surface area contributed by atoms with Crippen LogP contribution in [0.3, 0.4) is 0 Å². The number of hydrogen-bond acceptors (Lipinski definition) is 0. The Bertz CT molecular complexity index is 440. The molecule has 0 bridgehead atoms. The molecule has 0 N–H and O–H groups in total. The topological polar surface area (TPSA) is 0 Å². The molecular weight excluding hydrogens is 373 g/mol. The van der Waals surface area contributed by atoms with Crippen LogP contribution in [0.5, 0.6) is 0 Å². The standard InChI is InChI=1S/C14H15P.2CH3.H3P.Sn/c1-11-7-3-5-9-13(11)15-14-10-6-4-8-12(14)2;;;;/h3-10,15H,1-2H3;3*1H3;. The summed E-state index contributed by atoms with van der Waals surface area (Å²) in [6, 6.07) is 17.2. The van der Waals surface area contributed by atoms with E-state index in [1.807, 2.05) is 0 Å². The van der Waals surface area contributed by atoms with Gasteiger partial charge in [-0.1, -0.05) is 57.1 Å². The van der Waals surface area contributed by atoms with Crippen LogP contribution < -0.4 is 10.6 Å². The first kappa shape index (κ1) is 19.1. The van der Waals surface area contributed by atoms with Crippen molar-refractivity contribution < 1.29 is 0 Å². The Hall–Kier alpha value is 0.0987. The van der Waals surface area contributed by atoms with E-state index >= 15 is 0 Å². The van der Waals surface area contributed by atoms with Crippen LogP contribution in [0.4, 0.5) is 0 Å². The van der Waals surface area contributed by atoms with Gasteiger partial charge in [0, 0.05) is 0 Å². The average Bonchev–Trinajstić information content (AvgIpc) is 2.36. The summed E-state index contributed by atoms with van der Waals surface area (Å²) in [4.78, 5) is 4.59. The summed E-state index contributed by atoms with van der Waals surface area (Å²) in [6.07, 6.45) is 0. The zero-order valence-electron chi connectivity index (χ0n) is 12.3. The Kier molecular flexibility index (Phi) is 10.9. The summed E-state index contributed by atoms with van der Waals surface area (Å²) in [6.45, 7) is 4.36. The van der Waals surface area contributed by atoms with Crippen LogP contribution in [0.1, 0.15) is 11.1 Å². The van der Waals surface area contributed by atoms with Gasteiger partial charge in [0.1, 0.15) is 0 Å². The molecule has 2 aromatic carbocycles. The molecule has 1 unspecified atom stereocenters. The Morgan fingerprint density at radius 1 is 0.737 bits per heavy atom. The summed E-state index contributed by atoms with van der Waals surface area (Å²) >= 11 is 0.230. The predicted octanol–water partition coefficient (Wildman–Crippen LogP) is 3.78. The van der Waals surface area contributed by atoms with E-state index in [1.165, 1.54) is 21.7 Å². The van der Waals surface area contributed by atoms with Gasteiger partial charge in [0.05, 0.1) is 0 Å². The number of hydrogen-bond donors (Lipinski definition) is 0. The van der Waals surface area contributed by atoms with Crippen LogP contribution in [-0.4, -0.2) is 21.1 Å². The minimum atomic E-state index is 0. The van der Waals surface area contributed by atoms with Crippen molar-refractivity contribution in [1.82, 2.24) is 0 Å². The van der Waals surface area contributed by atoms with E-state index in [2.05, 4.69) is 72.3 Å². The van der Waals surface area contributed by atoms with Gasteiger partial charge < -0.3 is 0 Å². The molecule has 19 heavy (non-hydrogen) atoms. The van der Waals surface area contributed by atoms with Crippen LogP contribution in [0.15, 0.2) is 48.5 Å². The Balaban J connectivity index is 0.000000742. The van der Waals surface area contributed by atoms with Gasteiger partial charge in [-0.2, -0.15) is 9.90 Å².